The van der Waals surface area contributed by atoms with Gasteiger partial charge in [0.25, 0.3) is 5.91 Å². The number of nitrogens with one attached hydrogen (secondary N) is 1. The van der Waals surface area contributed by atoms with Crippen molar-refractivity contribution in [2.45, 2.75) is 20.8 Å². The normalized spacial score (nSPS) is 10.2. The molecule has 1 amide bonds. The first-order valence-electron chi connectivity index (χ1n) is 6.01. The van der Waals surface area contributed by atoms with Crippen LogP contribution < -0.4 is 5.32 Å². The Hall–Kier alpha value is -2.09. The predicted octanol–water partition coefficient (Wildman–Crippen LogP) is 3.86. The second kappa shape index (κ2) is 5.05. The molecular weight excluding hydrogens is 222 g/mol. The van der Waals surface area contributed by atoms with E-state index < -0.39 is 0 Å². The van der Waals surface area contributed by atoms with Gasteiger partial charge < -0.3 is 5.32 Å². The molecule has 1 N–H and O–H groups in total. The fraction of sp³-hybridized carbons (Fsp3) is 0.188. The summed E-state index contributed by atoms with van der Waals surface area (Å²) < 4.78 is 0. The van der Waals surface area contributed by atoms with Crippen LogP contribution in [0.5, 0.6) is 0 Å². The maximum absolute atomic E-state index is 12.1. The van der Waals surface area contributed by atoms with E-state index >= 15 is 0 Å². The van der Waals surface area contributed by atoms with Crippen molar-refractivity contribution in [1.29, 1.82) is 0 Å². The zero-order chi connectivity index (χ0) is 13.1. The van der Waals surface area contributed by atoms with Gasteiger partial charge in [-0.3, -0.25) is 4.79 Å². The Kier molecular flexibility index (Phi) is 3.47. The molecule has 0 spiro atoms. The number of anilines is 1. The molecule has 0 fully saturated rings. The van der Waals surface area contributed by atoms with Crippen LogP contribution in [-0.2, 0) is 0 Å². The van der Waals surface area contributed by atoms with Crippen molar-refractivity contribution in [3.8, 4) is 0 Å². The molecule has 2 rings (SSSR count). The summed E-state index contributed by atoms with van der Waals surface area (Å²) >= 11 is 0. The molecule has 18 heavy (non-hydrogen) atoms. The lowest BCUT2D eigenvalue weighted by molar-refractivity contribution is 0.102. The second-order valence-electron chi connectivity index (χ2n) is 4.70. The summed E-state index contributed by atoms with van der Waals surface area (Å²) in [5.74, 6) is -0.0660. The third kappa shape index (κ3) is 2.98. The lowest BCUT2D eigenvalue weighted by Gasteiger charge is -2.08. The minimum absolute atomic E-state index is 0.0660. The Morgan fingerprint density at radius 1 is 0.889 bits per heavy atom. The van der Waals surface area contributed by atoms with Crippen LogP contribution in [0.4, 0.5) is 5.69 Å². The Morgan fingerprint density at radius 2 is 1.56 bits per heavy atom. The number of rotatable bonds is 2. The fourth-order valence-corrected chi connectivity index (χ4v) is 2.04. The standard InChI is InChI=1S/C16H17NO/c1-11-5-4-6-14(8-11)16(18)17-15-9-12(2)7-13(3)10-15/h4-10H,1-3H3,(H,17,18). The average Bonchev–Trinajstić information content (AvgIpc) is 2.27. The maximum atomic E-state index is 12.1. The molecule has 0 saturated heterocycles. The van der Waals surface area contributed by atoms with Crippen LogP contribution in [0.3, 0.4) is 0 Å². The summed E-state index contributed by atoms with van der Waals surface area (Å²) in [5, 5.41) is 2.93. The molecule has 0 aliphatic heterocycles. The Morgan fingerprint density at radius 3 is 2.17 bits per heavy atom. The minimum atomic E-state index is -0.0660. The minimum Gasteiger partial charge on any atom is -0.322 e. The average molecular weight is 239 g/mol. The molecule has 2 aromatic rings. The molecular formula is C16H17NO. The summed E-state index contributed by atoms with van der Waals surface area (Å²) in [6.07, 6.45) is 0. The first-order valence-corrected chi connectivity index (χ1v) is 6.01. The van der Waals surface area contributed by atoms with Gasteiger partial charge >= 0.3 is 0 Å². The molecule has 2 heteroatoms. The van der Waals surface area contributed by atoms with Crippen molar-refractivity contribution in [2.75, 3.05) is 5.32 Å². The molecule has 2 nitrogen and oxygen atoms in total. The van der Waals surface area contributed by atoms with Gasteiger partial charge in [0, 0.05) is 11.3 Å². The van der Waals surface area contributed by atoms with Crippen molar-refractivity contribution >= 4 is 11.6 Å². The van der Waals surface area contributed by atoms with Gasteiger partial charge in [-0.15, -0.1) is 0 Å². The number of carbonyl (C=O) groups excluding carboxylic acids is 1. The molecule has 0 bridgehead atoms. The molecule has 0 aliphatic rings. The van der Waals surface area contributed by atoms with E-state index in [0.717, 1.165) is 22.4 Å². The quantitative estimate of drug-likeness (QED) is 0.847. The Bertz CT molecular complexity index is 567. The lowest BCUT2D eigenvalue weighted by atomic mass is 10.1. The second-order valence-corrected chi connectivity index (χ2v) is 4.70. The Balaban J connectivity index is 2.21. The number of amides is 1. The highest BCUT2D eigenvalue weighted by molar-refractivity contribution is 6.04. The van der Waals surface area contributed by atoms with Crippen molar-refractivity contribution in [3.05, 3.63) is 64.7 Å². The summed E-state index contributed by atoms with van der Waals surface area (Å²) in [5.41, 5.74) is 4.92. The van der Waals surface area contributed by atoms with Crippen LogP contribution in [0.2, 0.25) is 0 Å². The topological polar surface area (TPSA) is 29.1 Å². The van der Waals surface area contributed by atoms with Gasteiger partial charge in [-0.1, -0.05) is 23.8 Å². The fourth-order valence-electron chi connectivity index (χ4n) is 2.04. The summed E-state index contributed by atoms with van der Waals surface area (Å²) in [6, 6.07) is 13.6. The number of carbonyl (C=O) groups is 1. The zero-order valence-electron chi connectivity index (χ0n) is 10.9. The Labute approximate surface area is 108 Å². The van der Waals surface area contributed by atoms with E-state index in [1.165, 1.54) is 0 Å². The van der Waals surface area contributed by atoms with E-state index in [4.69, 9.17) is 0 Å². The monoisotopic (exact) mass is 239 g/mol. The lowest BCUT2D eigenvalue weighted by Crippen LogP contribution is -2.12. The van der Waals surface area contributed by atoms with E-state index in [2.05, 4.69) is 11.4 Å². The largest absolute Gasteiger partial charge is 0.322 e. The van der Waals surface area contributed by atoms with Gasteiger partial charge in [0.2, 0.25) is 0 Å². The summed E-state index contributed by atoms with van der Waals surface area (Å²) in [7, 11) is 0. The first kappa shape index (κ1) is 12.4. The van der Waals surface area contributed by atoms with E-state index in [1.54, 1.807) is 0 Å². The molecule has 0 radical (unpaired) electrons. The van der Waals surface area contributed by atoms with Gasteiger partial charge in [0.15, 0.2) is 0 Å². The van der Waals surface area contributed by atoms with Crippen LogP contribution >= 0.6 is 0 Å². The number of aryl methyl sites for hydroxylation is 3. The SMILES string of the molecule is Cc1cc(C)cc(NC(=O)c2cccc(C)c2)c1. The van der Waals surface area contributed by atoms with E-state index in [0.29, 0.717) is 5.56 Å². The van der Waals surface area contributed by atoms with Crippen LogP contribution in [0, 0.1) is 20.8 Å². The van der Waals surface area contributed by atoms with Crippen LogP contribution in [-0.4, -0.2) is 5.91 Å². The van der Waals surface area contributed by atoms with Gasteiger partial charge in [-0.25, -0.2) is 0 Å². The number of hydrogen-bond donors (Lipinski definition) is 1. The van der Waals surface area contributed by atoms with E-state index in [1.807, 2.05) is 57.2 Å². The van der Waals surface area contributed by atoms with Crippen molar-refractivity contribution < 1.29 is 4.79 Å². The molecule has 0 saturated carbocycles. The molecule has 2 aromatic carbocycles. The highest BCUT2D eigenvalue weighted by Crippen LogP contribution is 2.15. The van der Waals surface area contributed by atoms with Crippen LogP contribution in [0.25, 0.3) is 0 Å². The predicted molar refractivity (Wildman–Crippen MR) is 75.0 cm³/mol. The van der Waals surface area contributed by atoms with Gasteiger partial charge in [0.05, 0.1) is 0 Å². The molecule has 0 unspecified atom stereocenters. The smallest absolute Gasteiger partial charge is 0.255 e. The van der Waals surface area contributed by atoms with Crippen molar-refractivity contribution in [3.63, 3.8) is 0 Å². The van der Waals surface area contributed by atoms with Gasteiger partial charge in [-0.2, -0.15) is 0 Å². The molecule has 92 valence electrons. The molecule has 0 heterocycles. The molecule has 0 aromatic heterocycles. The molecule has 0 atom stereocenters. The number of hydrogen-bond acceptors (Lipinski definition) is 1. The summed E-state index contributed by atoms with van der Waals surface area (Å²) in [6.45, 7) is 6.03. The van der Waals surface area contributed by atoms with Crippen molar-refractivity contribution in [1.82, 2.24) is 0 Å². The van der Waals surface area contributed by atoms with Crippen LogP contribution in [0.15, 0.2) is 42.5 Å². The third-order valence-electron chi connectivity index (χ3n) is 2.76. The third-order valence-corrected chi connectivity index (χ3v) is 2.76. The zero-order valence-corrected chi connectivity index (χ0v) is 10.9. The van der Waals surface area contributed by atoms with Gasteiger partial charge in [0.1, 0.15) is 0 Å². The maximum Gasteiger partial charge on any atom is 0.255 e. The molecule has 0 aliphatic carbocycles. The first-order chi connectivity index (χ1) is 8.54. The van der Waals surface area contributed by atoms with E-state index in [9.17, 15) is 4.79 Å². The highest BCUT2D eigenvalue weighted by Gasteiger charge is 2.06. The van der Waals surface area contributed by atoms with E-state index in [-0.39, 0.29) is 5.91 Å². The summed E-state index contributed by atoms with van der Waals surface area (Å²) in [4.78, 5) is 12.1. The number of benzene rings is 2. The van der Waals surface area contributed by atoms with Crippen LogP contribution in [0.1, 0.15) is 27.0 Å². The van der Waals surface area contributed by atoms with Gasteiger partial charge in [-0.05, 0) is 56.2 Å². The highest BCUT2D eigenvalue weighted by atomic mass is 16.1. The van der Waals surface area contributed by atoms with Crippen molar-refractivity contribution in [2.24, 2.45) is 0 Å².